The van der Waals surface area contributed by atoms with Gasteiger partial charge in [0.15, 0.2) is 0 Å². The van der Waals surface area contributed by atoms with Crippen LogP contribution in [0, 0.1) is 0 Å². The van der Waals surface area contributed by atoms with E-state index in [1.807, 2.05) is 12.1 Å². The summed E-state index contributed by atoms with van der Waals surface area (Å²) < 4.78 is 5.71. The summed E-state index contributed by atoms with van der Waals surface area (Å²) in [5.74, 6) is 0. The average Bonchev–Trinajstić information content (AvgIpc) is 3.07. The quantitative estimate of drug-likeness (QED) is 0.559. The Hall–Kier alpha value is -2.57. The highest BCUT2D eigenvalue weighted by Gasteiger charge is 2.25. The highest BCUT2D eigenvalue weighted by atomic mass is 16.5. The zero-order valence-corrected chi connectivity index (χ0v) is 18.6. The van der Waals surface area contributed by atoms with Crippen LogP contribution in [0.4, 0.5) is 0 Å². The van der Waals surface area contributed by atoms with Crippen molar-refractivity contribution in [3.8, 4) is 0 Å². The fraction of sp³-hybridized carbons (Fsp3) is 0.370. The predicted octanol–water partition coefficient (Wildman–Crippen LogP) is 3.76. The molecule has 1 unspecified atom stereocenters. The minimum Gasteiger partial charge on any atom is -0.389 e. The summed E-state index contributed by atoms with van der Waals surface area (Å²) in [5, 5.41) is 10.5. The van der Waals surface area contributed by atoms with E-state index < -0.39 is 6.10 Å². The second-order valence-corrected chi connectivity index (χ2v) is 8.44. The maximum atomic E-state index is 10.5. The Bertz CT molecular complexity index is 868. The molecule has 0 amide bonds. The molecule has 1 aromatic heterocycles. The third-order valence-corrected chi connectivity index (χ3v) is 6.02. The molecule has 5 heteroatoms. The first-order valence-corrected chi connectivity index (χ1v) is 11.5. The zero-order valence-electron chi connectivity index (χ0n) is 18.6. The van der Waals surface area contributed by atoms with Crippen molar-refractivity contribution < 1.29 is 9.84 Å². The molecular formula is C27H33N3O2. The van der Waals surface area contributed by atoms with Crippen molar-refractivity contribution in [1.82, 2.24) is 14.8 Å². The van der Waals surface area contributed by atoms with E-state index in [1.165, 1.54) is 11.1 Å². The van der Waals surface area contributed by atoms with Crippen LogP contribution in [0.5, 0.6) is 0 Å². The Morgan fingerprint density at radius 3 is 2.12 bits per heavy atom. The Balaban J connectivity index is 1.32. The van der Waals surface area contributed by atoms with Gasteiger partial charge in [0, 0.05) is 38.6 Å². The van der Waals surface area contributed by atoms with Crippen molar-refractivity contribution in [3.63, 3.8) is 0 Å². The van der Waals surface area contributed by atoms with Crippen molar-refractivity contribution in [3.05, 3.63) is 102 Å². The summed E-state index contributed by atoms with van der Waals surface area (Å²) in [5.41, 5.74) is 3.74. The number of ether oxygens (including phenoxy) is 1. The second-order valence-electron chi connectivity index (χ2n) is 8.44. The Kier molecular flexibility index (Phi) is 8.40. The molecule has 3 aromatic rings. The van der Waals surface area contributed by atoms with Gasteiger partial charge in [0.1, 0.15) is 0 Å². The lowest BCUT2D eigenvalue weighted by molar-refractivity contribution is 0.0104. The molecule has 4 rings (SSSR count). The van der Waals surface area contributed by atoms with E-state index in [0.29, 0.717) is 19.8 Å². The van der Waals surface area contributed by atoms with Crippen LogP contribution in [-0.4, -0.2) is 65.3 Å². The van der Waals surface area contributed by atoms with E-state index in [0.717, 1.165) is 38.2 Å². The van der Waals surface area contributed by atoms with Crippen LogP contribution in [0.15, 0.2) is 85.2 Å². The fourth-order valence-electron chi connectivity index (χ4n) is 4.46. The van der Waals surface area contributed by atoms with Crippen LogP contribution in [-0.2, 0) is 11.3 Å². The van der Waals surface area contributed by atoms with Crippen molar-refractivity contribution in [1.29, 1.82) is 0 Å². The topological polar surface area (TPSA) is 48.8 Å². The maximum absolute atomic E-state index is 10.5. The Morgan fingerprint density at radius 2 is 1.47 bits per heavy atom. The molecule has 1 saturated heterocycles. The molecule has 0 bridgehead atoms. The zero-order chi connectivity index (χ0) is 22.0. The van der Waals surface area contributed by atoms with Crippen LogP contribution in [0.2, 0.25) is 0 Å². The third kappa shape index (κ3) is 6.47. The lowest BCUT2D eigenvalue weighted by Gasteiger charge is -2.32. The van der Waals surface area contributed by atoms with Crippen molar-refractivity contribution in [2.24, 2.45) is 0 Å². The van der Waals surface area contributed by atoms with Crippen LogP contribution >= 0.6 is 0 Å². The first-order valence-electron chi connectivity index (χ1n) is 11.5. The molecular weight excluding hydrogens is 398 g/mol. The van der Waals surface area contributed by atoms with Crippen LogP contribution in [0.3, 0.4) is 0 Å². The molecule has 1 aliphatic heterocycles. The number of aromatic nitrogens is 1. The maximum Gasteiger partial charge on any atom is 0.0900 e. The molecule has 5 nitrogen and oxygen atoms in total. The molecule has 0 radical (unpaired) electrons. The van der Waals surface area contributed by atoms with E-state index in [4.69, 9.17) is 4.74 Å². The number of aliphatic hydroxyl groups excluding tert-OH is 1. The summed E-state index contributed by atoms with van der Waals surface area (Å²) in [6.07, 6.45) is 4.12. The number of hydrogen-bond acceptors (Lipinski definition) is 5. The first-order chi connectivity index (χ1) is 15.8. The Morgan fingerprint density at radius 1 is 0.812 bits per heavy atom. The van der Waals surface area contributed by atoms with Gasteiger partial charge in [0.25, 0.3) is 0 Å². The minimum atomic E-state index is -0.484. The molecule has 1 aliphatic rings. The monoisotopic (exact) mass is 431 g/mol. The van der Waals surface area contributed by atoms with Gasteiger partial charge in [-0.1, -0.05) is 60.7 Å². The second kappa shape index (κ2) is 11.9. The molecule has 1 fully saturated rings. The number of hydrogen-bond donors (Lipinski definition) is 1. The van der Waals surface area contributed by atoms with Gasteiger partial charge in [-0.2, -0.15) is 0 Å². The average molecular weight is 432 g/mol. The van der Waals surface area contributed by atoms with Gasteiger partial charge in [0.2, 0.25) is 0 Å². The number of β-amino-alcohol motifs (C(OH)–C–C–N with tert-alkyl or cyclic N) is 1. The summed E-state index contributed by atoms with van der Waals surface area (Å²) >= 11 is 0. The van der Waals surface area contributed by atoms with Gasteiger partial charge in [-0.3, -0.25) is 14.8 Å². The van der Waals surface area contributed by atoms with E-state index in [1.54, 1.807) is 12.4 Å². The molecule has 2 aromatic carbocycles. The SMILES string of the molecule is OC(COCc1ccncc1)CN1CCCN(C(c2ccccc2)c2ccccc2)CC1. The van der Waals surface area contributed by atoms with Crippen LogP contribution in [0.25, 0.3) is 0 Å². The summed E-state index contributed by atoms with van der Waals surface area (Å²) in [7, 11) is 0. The molecule has 1 N–H and O–H groups in total. The minimum absolute atomic E-state index is 0.256. The van der Waals surface area contributed by atoms with Gasteiger partial charge < -0.3 is 9.84 Å². The number of benzene rings is 2. The molecule has 32 heavy (non-hydrogen) atoms. The molecule has 0 saturated carbocycles. The molecule has 2 heterocycles. The number of nitrogens with zero attached hydrogens (tertiary/aromatic N) is 3. The van der Waals surface area contributed by atoms with Crippen molar-refractivity contribution in [2.75, 3.05) is 39.3 Å². The van der Waals surface area contributed by atoms with E-state index >= 15 is 0 Å². The van der Waals surface area contributed by atoms with Gasteiger partial charge in [-0.15, -0.1) is 0 Å². The van der Waals surface area contributed by atoms with E-state index in [-0.39, 0.29) is 6.04 Å². The van der Waals surface area contributed by atoms with Crippen molar-refractivity contribution >= 4 is 0 Å². The highest BCUT2D eigenvalue weighted by Crippen LogP contribution is 2.29. The summed E-state index contributed by atoms with van der Waals surface area (Å²) in [4.78, 5) is 8.97. The van der Waals surface area contributed by atoms with Gasteiger partial charge in [-0.25, -0.2) is 0 Å². The van der Waals surface area contributed by atoms with Gasteiger partial charge in [-0.05, 0) is 41.8 Å². The van der Waals surface area contributed by atoms with E-state index in [2.05, 4.69) is 75.4 Å². The fourth-order valence-corrected chi connectivity index (χ4v) is 4.46. The van der Waals surface area contributed by atoms with Crippen LogP contribution in [0.1, 0.15) is 29.2 Å². The summed E-state index contributed by atoms with van der Waals surface area (Å²) in [6.45, 7) is 5.44. The van der Waals surface area contributed by atoms with Crippen LogP contribution < -0.4 is 0 Å². The first kappa shape index (κ1) is 22.6. The van der Waals surface area contributed by atoms with Crippen molar-refractivity contribution in [2.45, 2.75) is 25.2 Å². The summed E-state index contributed by atoms with van der Waals surface area (Å²) in [6, 6.07) is 25.7. The smallest absolute Gasteiger partial charge is 0.0900 e. The standard InChI is InChI=1S/C27H33N3O2/c31-26(22-32-21-23-12-14-28-15-13-23)20-29-16-7-17-30(19-18-29)27(24-8-3-1-4-9-24)25-10-5-2-6-11-25/h1-6,8-15,26-27,31H,7,16-22H2. The molecule has 0 spiro atoms. The molecule has 0 aliphatic carbocycles. The van der Waals surface area contributed by atoms with E-state index in [9.17, 15) is 5.11 Å². The van der Waals surface area contributed by atoms with Gasteiger partial charge >= 0.3 is 0 Å². The predicted molar refractivity (Wildman–Crippen MR) is 127 cm³/mol. The largest absolute Gasteiger partial charge is 0.389 e. The third-order valence-electron chi connectivity index (χ3n) is 6.02. The molecule has 168 valence electrons. The highest BCUT2D eigenvalue weighted by molar-refractivity contribution is 5.31. The number of rotatable bonds is 9. The number of pyridine rings is 1. The number of aliphatic hydroxyl groups is 1. The Labute approximate surface area is 191 Å². The van der Waals surface area contributed by atoms with Gasteiger partial charge in [0.05, 0.1) is 25.4 Å². The normalized spacial score (nSPS) is 16.7. The lowest BCUT2D eigenvalue weighted by atomic mass is 9.97. The molecule has 1 atom stereocenters. The lowest BCUT2D eigenvalue weighted by Crippen LogP contribution is -2.38.